The van der Waals surface area contributed by atoms with E-state index in [1.807, 2.05) is 38.1 Å². The summed E-state index contributed by atoms with van der Waals surface area (Å²) in [6, 6.07) is 11.2. The summed E-state index contributed by atoms with van der Waals surface area (Å²) in [5.74, 6) is -2.12. The molecule has 0 bridgehead atoms. The molecule has 0 saturated heterocycles. The molecule has 0 atom stereocenters. The first-order valence-electron chi connectivity index (χ1n) is 7.69. The summed E-state index contributed by atoms with van der Waals surface area (Å²) in [5.41, 5.74) is 3.32. The number of benzene rings is 2. The van der Waals surface area contributed by atoms with E-state index in [1.54, 1.807) is 0 Å². The van der Waals surface area contributed by atoms with E-state index in [-0.39, 0.29) is 17.3 Å². The Morgan fingerprint density at radius 3 is 2.64 bits per heavy atom. The fourth-order valence-corrected chi connectivity index (χ4v) is 3.28. The van der Waals surface area contributed by atoms with E-state index in [0.717, 1.165) is 39.2 Å². The summed E-state index contributed by atoms with van der Waals surface area (Å²) >= 11 is 1.30. The fourth-order valence-electron chi connectivity index (χ4n) is 2.52. The van der Waals surface area contributed by atoms with E-state index in [0.29, 0.717) is 0 Å². The van der Waals surface area contributed by atoms with Crippen molar-refractivity contribution in [2.75, 3.05) is 11.1 Å². The highest BCUT2D eigenvalue weighted by Gasteiger charge is 2.09. The van der Waals surface area contributed by atoms with Crippen molar-refractivity contribution in [2.24, 2.45) is 0 Å². The summed E-state index contributed by atoms with van der Waals surface area (Å²) < 4.78 is 26.1. The average Bonchev–Trinajstić information content (AvgIpc) is 2.57. The predicted molar refractivity (Wildman–Crippen MR) is 96.9 cm³/mol. The highest BCUT2D eigenvalue weighted by molar-refractivity contribution is 7.99. The Balaban J connectivity index is 1.70. The monoisotopic (exact) mass is 358 g/mol. The van der Waals surface area contributed by atoms with Gasteiger partial charge in [0.25, 0.3) is 0 Å². The zero-order valence-electron chi connectivity index (χ0n) is 13.8. The molecule has 0 radical (unpaired) electrons. The number of fused-ring (bicyclic) bond motifs is 1. The SMILES string of the molecule is Cc1cc(SCC(=O)Nc2ccc(F)c(F)c2)nc2c(C)cccc12. The number of aryl methyl sites for hydroxylation is 2. The number of amides is 1. The molecule has 1 heterocycles. The van der Waals surface area contributed by atoms with E-state index in [1.165, 1.54) is 17.8 Å². The van der Waals surface area contributed by atoms with Crippen molar-refractivity contribution >= 4 is 34.3 Å². The van der Waals surface area contributed by atoms with Crippen molar-refractivity contribution < 1.29 is 13.6 Å². The van der Waals surface area contributed by atoms with E-state index < -0.39 is 11.6 Å². The van der Waals surface area contributed by atoms with Crippen molar-refractivity contribution in [3.63, 3.8) is 0 Å². The molecule has 3 rings (SSSR count). The van der Waals surface area contributed by atoms with Gasteiger partial charge in [-0.3, -0.25) is 4.79 Å². The molecule has 3 aromatic rings. The maximum Gasteiger partial charge on any atom is 0.234 e. The number of nitrogens with zero attached hydrogens (tertiary/aromatic N) is 1. The van der Waals surface area contributed by atoms with Crippen molar-refractivity contribution in [3.05, 3.63) is 65.2 Å². The van der Waals surface area contributed by atoms with E-state index in [9.17, 15) is 13.6 Å². The number of rotatable bonds is 4. The van der Waals surface area contributed by atoms with Gasteiger partial charge in [-0.15, -0.1) is 0 Å². The van der Waals surface area contributed by atoms with Crippen LogP contribution in [0.1, 0.15) is 11.1 Å². The maximum atomic E-state index is 13.2. The van der Waals surface area contributed by atoms with Gasteiger partial charge < -0.3 is 5.32 Å². The molecule has 2 aromatic carbocycles. The Kier molecular flexibility index (Phi) is 4.99. The quantitative estimate of drug-likeness (QED) is 0.677. The Hall–Kier alpha value is -2.47. The normalized spacial score (nSPS) is 10.9. The molecule has 25 heavy (non-hydrogen) atoms. The summed E-state index contributed by atoms with van der Waals surface area (Å²) in [4.78, 5) is 16.6. The van der Waals surface area contributed by atoms with E-state index >= 15 is 0 Å². The Bertz CT molecular complexity index is 960. The number of carbonyl (C=O) groups excluding carboxylic acids is 1. The number of aromatic nitrogens is 1. The number of pyridine rings is 1. The van der Waals surface area contributed by atoms with Gasteiger partial charge in [0, 0.05) is 17.1 Å². The minimum Gasteiger partial charge on any atom is -0.325 e. The molecule has 1 amide bonds. The van der Waals surface area contributed by atoms with Gasteiger partial charge in [-0.1, -0.05) is 30.0 Å². The Morgan fingerprint density at radius 2 is 1.88 bits per heavy atom. The minimum absolute atomic E-state index is 0.128. The molecule has 1 aromatic heterocycles. The number of para-hydroxylation sites is 1. The standard InChI is InChI=1S/C19H16F2N2OS/c1-11-4-3-5-14-12(2)8-18(23-19(11)14)25-10-17(24)22-13-6-7-15(20)16(21)9-13/h3-9H,10H2,1-2H3,(H,22,24). The predicted octanol–water partition coefficient (Wildman–Crippen LogP) is 4.86. The van der Waals surface area contributed by atoms with Gasteiger partial charge >= 0.3 is 0 Å². The molecule has 3 nitrogen and oxygen atoms in total. The molecule has 0 aliphatic rings. The lowest BCUT2D eigenvalue weighted by atomic mass is 10.1. The molecular weight excluding hydrogens is 342 g/mol. The van der Waals surface area contributed by atoms with Crippen molar-refractivity contribution in [2.45, 2.75) is 18.9 Å². The molecule has 0 aliphatic carbocycles. The van der Waals surface area contributed by atoms with Gasteiger partial charge in [-0.25, -0.2) is 13.8 Å². The van der Waals surface area contributed by atoms with Gasteiger partial charge in [0.2, 0.25) is 5.91 Å². The summed E-state index contributed by atoms with van der Waals surface area (Å²) in [6.07, 6.45) is 0. The fraction of sp³-hybridized carbons (Fsp3) is 0.158. The zero-order chi connectivity index (χ0) is 18.0. The minimum atomic E-state index is -0.993. The number of carbonyl (C=O) groups is 1. The van der Waals surface area contributed by atoms with E-state index in [4.69, 9.17) is 0 Å². The van der Waals surface area contributed by atoms with Crippen LogP contribution in [-0.4, -0.2) is 16.6 Å². The van der Waals surface area contributed by atoms with Gasteiger partial charge in [-0.2, -0.15) is 0 Å². The highest BCUT2D eigenvalue weighted by atomic mass is 32.2. The van der Waals surface area contributed by atoms with Crippen LogP contribution in [0.2, 0.25) is 0 Å². The molecule has 0 aliphatic heterocycles. The van der Waals surface area contributed by atoms with E-state index in [2.05, 4.69) is 10.3 Å². The van der Waals surface area contributed by atoms with Crippen LogP contribution in [0.15, 0.2) is 47.5 Å². The lowest BCUT2D eigenvalue weighted by molar-refractivity contribution is -0.113. The van der Waals surface area contributed by atoms with Crippen LogP contribution in [0, 0.1) is 25.5 Å². The third-order valence-corrected chi connectivity index (χ3v) is 4.69. The largest absolute Gasteiger partial charge is 0.325 e. The molecule has 6 heteroatoms. The molecule has 0 spiro atoms. The second kappa shape index (κ2) is 7.19. The second-order valence-corrected chi connectivity index (χ2v) is 6.71. The number of hydrogen-bond acceptors (Lipinski definition) is 3. The summed E-state index contributed by atoms with van der Waals surface area (Å²) in [5, 5.41) is 4.39. The first kappa shape index (κ1) is 17.4. The molecule has 0 fully saturated rings. The third-order valence-electron chi connectivity index (χ3n) is 3.78. The third kappa shape index (κ3) is 3.96. The molecule has 0 saturated carbocycles. The molecular formula is C19H16F2N2OS. The van der Waals surface area contributed by atoms with Gasteiger partial charge in [0.05, 0.1) is 16.3 Å². The van der Waals surface area contributed by atoms with Crippen molar-refractivity contribution in [1.29, 1.82) is 0 Å². The average molecular weight is 358 g/mol. The Labute approximate surface area is 148 Å². The number of halogens is 2. The number of hydrogen-bond donors (Lipinski definition) is 1. The van der Waals surface area contributed by atoms with Crippen molar-refractivity contribution in [3.8, 4) is 0 Å². The smallest absolute Gasteiger partial charge is 0.234 e. The first-order valence-corrected chi connectivity index (χ1v) is 8.67. The number of nitrogens with one attached hydrogen (secondary N) is 1. The highest BCUT2D eigenvalue weighted by Crippen LogP contribution is 2.25. The van der Waals surface area contributed by atoms with Crippen LogP contribution >= 0.6 is 11.8 Å². The Morgan fingerprint density at radius 1 is 1.08 bits per heavy atom. The first-order chi connectivity index (χ1) is 11.9. The molecule has 128 valence electrons. The maximum absolute atomic E-state index is 13.2. The topological polar surface area (TPSA) is 42.0 Å². The van der Waals surface area contributed by atoms with Crippen LogP contribution in [0.5, 0.6) is 0 Å². The molecule has 1 N–H and O–H groups in total. The zero-order valence-corrected chi connectivity index (χ0v) is 14.6. The number of thioether (sulfide) groups is 1. The lowest BCUT2D eigenvalue weighted by Crippen LogP contribution is -2.14. The van der Waals surface area contributed by atoms with Crippen LogP contribution in [-0.2, 0) is 4.79 Å². The van der Waals surface area contributed by atoms with Crippen molar-refractivity contribution in [1.82, 2.24) is 4.98 Å². The van der Waals surface area contributed by atoms with Gasteiger partial charge in [-0.05, 0) is 43.2 Å². The summed E-state index contributed by atoms with van der Waals surface area (Å²) in [7, 11) is 0. The van der Waals surface area contributed by atoms with Crippen LogP contribution < -0.4 is 5.32 Å². The van der Waals surface area contributed by atoms with Crippen LogP contribution in [0.3, 0.4) is 0 Å². The van der Waals surface area contributed by atoms with Gasteiger partial charge in [0.1, 0.15) is 0 Å². The number of anilines is 1. The molecule has 0 unspecified atom stereocenters. The summed E-state index contributed by atoms with van der Waals surface area (Å²) in [6.45, 7) is 4.01. The van der Waals surface area contributed by atoms with Gasteiger partial charge in [0.15, 0.2) is 11.6 Å². The second-order valence-electron chi connectivity index (χ2n) is 5.71. The lowest BCUT2D eigenvalue weighted by Gasteiger charge is -2.09. The van der Waals surface area contributed by atoms with Crippen LogP contribution in [0.25, 0.3) is 10.9 Å². The van der Waals surface area contributed by atoms with Crippen LogP contribution in [0.4, 0.5) is 14.5 Å².